The molecule has 0 N–H and O–H groups in total. The second kappa shape index (κ2) is 11.7. The van der Waals surface area contributed by atoms with Crippen LogP contribution >= 0.6 is 11.3 Å². The third-order valence-corrected chi connectivity index (χ3v) is 12.3. The number of thiophene rings is 1. The van der Waals surface area contributed by atoms with Gasteiger partial charge in [-0.1, -0.05) is 147 Å². The van der Waals surface area contributed by atoms with E-state index in [9.17, 15) is 0 Å². The minimum atomic E-state index is -0.0880. The first-order valence-corrected chi connectivity index (χ1v) is 18.8. The van der Waals surface area contributed by atoms with Crippen LogP contribution in [0.2, 0.25) is 0 Å². The maximum absolute atomic E-state index is 2.60. The number of benzene rings is 7. The number of hydrogen-bond donors (Lipinski definition) is 0. The summed E-state index contributed by atoms with van der Waals surface area (Å²) in [6.07, 6.45) is 6.70. The summed E-state index contributed by atoms with van der Waals surface area (Å²) < 4.78 is 2.71. The Kier molecular flexibility index (Phi) is 6.91. The van der Waals surface area contributed by atoms with Crippen molar-refractivity contribution in [2.75, 3.05) is 4.90 Å². The maximum Gasteiger partial charge on any atom is 0.0543 e. The molecule has 2 heteroatoms. The highest BCUT2D eigenvalue weighted by Crippen LogP contribution is 2.55. The Morgan fingerprint density at radius 2 is 1.20 bits per heavy atom. The molecule has 0 aliphatic heterocycles. The van der Waals surface area contributed by atoms with Crippen molar-refractivity contribution in [2.24, 2.45) is 0 Å². The van der Waals surface area contributed by atoms with E-state index in [1.165, 1.54) is 92.5 Å². The lowest BCUT2D eigenvalue weighted by Crippen LogP contribution is -2.20. The molecule has 244 valence electrons. The Balaban J connectivity index is 1.23. The fourth-order valence-corrected chi connectivity index (χ4v) is 9.93. The molecule has 10 rings (SSSR count). The lowest BCUT2D eigenvalue weighted by molar-refractivity contribution is 0.660. The highest BCUT2D eigenvalue weighted by molar-refractivity contribution is 7.25. The van der Waals surface area contributed by atoms with Crippen molar-refractivity contribution in [2.45, 2.75) is 32.1 Å². The van der Waals surface area contributed by atoms with Gasteiger partial charge in [-0.05, 0) is 87.3 Å². The van der Waals surface area contributed by atoms with Gasteiger partial charge in [0.05, 0.1) is 11.4 Å². The molecule has 2 aliphatic rings. The van der Waals surface area contributed by atoms with E-state index in [-0.39, 0.29) is 5.41 Å². The summed E-state index contributed by atoms with van der Waals surface area (Å²) in [4.78, 5) is 2.60. The maximum atomic E-state index is 2.60. The Bertz CT molecular complexity index is 2720. The monoisotopic (exact) mass is 671 g/mol. The van der Waals surface area contributed by atoms with Gasteiger partial charge in [-0.25, -0.2) is 0 Å². The number of anilines is 2. The molecule has 0 spiro atoms. The average Bonchev–Trinajstić information content (AvgIpc) is 3.68. The first-order valence-electron chi connectivity index (χ1n) is 18.0. The Labute approximate surface area is 303 Å². The van der Waals surface area contributed by atoms with Gasteiger partial charge in [-0.15, -0.1) is 11.3 Å². The normalized spacial score (nSPS) is 14.7. The van der Waals surface area contributed by atoms with Crippen LogP contribution in [0.25, 0.3) is 58.8 Å². The summed E-state index contributed by atoms with van der Waals surface area (Å²) >= 11 is 1.89. The zero-order valence-electron chi connectivity index (χ0n) is 28.9. The van der Waals surface area contributed by atoms with Crippen LogP contribution < -0.4 is 4.90 Å². The van der Waals surface area contributed by atoms with Crippen molar-refractivity contribution in [1.82, 2.24) is 0 Å². The summed E-state index contributed by atoms with van der Waals surface area (Å²) in [6, 6.07) is 56.1. The Morgan fingerprint density at radius 1 is 0.510 bits per heavy atom. The fourth-order valence-electron chi connectivity index (χ4n) is 8.79. The van der Waals surface area contributed by atoms with Crippen molar-refractivity contribution in [1.29, 1.82) is 0 Å². The number of fused-ring (bicyclic) bond motifs is 7. The Morgan fingerprint density at radius 3 is 2.06 bits per heavy atom. The van der Waals surface area contributed by atoms with Crippen LogP contribution in [0.1, 0.15) is 43.4 Å². The van der Waals surface area contributed by atoms with E-state index in [4.69, 9.17) is 0 Å². The van der Waals surface area contributed by atoms with Gasteiger partial charge in [-0.3, -0.25) is 0 Å². The van der Waals surface area contributed by atoms with Crippen LogP contribution in [0.15, 0.2) is 170 Å². The standard InChI is InChI=1S/C49H37NS/c1-49(2)40-21-10-8-18-38(40)48-41(49)22-13-23-42(48)50(43-31-28-32-14-6-7-17-36(32)46(43)34-15-4-3-5-16-34)35-29-26-33(27-30-35)37-20-12-25-45-47(37)39-19-9-11-24-44(39)51-45/h3-26,28-29,31H,27,30H2,1-2H3. The van der Waals surface area contributed by atoms with Crippen molar-refractivity contribution < 1.29 is 0 Å². The van der Waals surface area contributed by atoms with Gasteiger partial charge in [0.2, 0.25) is 0 Å². The van der Waals surface area contributed by atoms with Crippen LogP contribution in [0.4, 0.5) is 11.4 Å². The van der Waals surface area contributed by atoms with Crippen molar-refractivity contribution in [3.05, 3.63) is 186 Å². The molecule has 0 fully saturated rings. The number of rotatable bonds is 5. The predicted molar refractivity (Wildman–Crippen MR) is 220 cm³/mol. The molecule has 2 aliphatic carbocycles. The van der Waals surface area contributed by atoms with Gasteiger partial charge in [0.15, 0.2) is 0 Å². The highest BCUT2D eigenvalue weighted by atomic mass is 32.1. The van der Waals surface area contributed by atoms with Gasteiger partial charge < -0.3 is 4.90 Å². The number of allylic oxidation sites excluding steroid dienone is 4. The second-order valence-electron chi connectivity index (χ2n) is 14.4. The molecule has 51 heavy (non-hydrogen) atoms. The van der Waals surface area contributed by atoms with E-state index >= 15 is 0 Å². The van der Waals surface area contributed by atoms with Crippen molar-refractivity contribution >= 4 is 59.2 Å². The van der Waals surface area contributed by atoms with E-state index < -0.39 is 0 Å². The molecule has 1 heterocycles. The van der Waals surface area contributed by atoms with E-state index in [1.54, 1.807) is 0 Å². The molecular weight excluding hydrogens is 635 g/mol. The quantitative estimate of drug-likeness (QED) is 0.176. The summed E-state index contributed by atoms with van der Waals surface area (Å²) in [5.74, 6) is 0. The van der Waals surface area contributed by atoms with Crippen LogP contribution in [0, 0.1) is 0 Å². The lowest BCUT2D eigenvalue weighted by atomic mass is 9.82. The SMILES string of the molecule is CC1(C)c2ccccc2-c2c(N(C3=CC=C(c4cccc5sc6ccccc6c45)CC3)c3ccc4ccccc4c3-c3ccccc3)cccc21. The molecule has 1 nitrogen and oxygen atoms in total. The molecular formula is C49H37NS. The molecule has 0 atom stereocenters. The summed E-state index contributed by atoms with van der Waals surface area (Å²) in [7, 11) is 0. The highest BCUT2D eigenvalue weighted by Gasteiger charge is 2.38. The summed E-state index contributed by atoms with van der Waals surface area (Å²) in [5.41, 5.74) is 14.4. The van der Waals surface area contributed by atoms with Gasteiger partial charge in [0.1, 0.15) is 0 Å². The minimum Gasteiger partial charge on any atom is -0.313 e. The summed E-state index contributed by atoms with van der Waals surface area (Å²) in [5, 5.41) is 5.26. The van der Waals surface area contributed by atoms with Gasteiger partial charge in [-0.2, -0.15) is 0 Å². The molecule has 0 amide bonds. The van der Waals surface area contributed by atoms with Crippen LogP contribution in [0.3, 0.4) is 0 Å². The second-order valence-corrected chi connectivity index (χ2v) is 15.5. The van der Waals surface area contributed by atoms with Crippen LogP contribution in [0.5, 0.6) is 0 Å². The molecule has 0 saturated carbocycles. The molecule has 0 radical (unpaired) electrons. The first-order chi connectivity index (χ1) is 25.1. The number of nitrogens with zero attached hydrogens (tertiary/aromatic N) is 1. The molecule has 1 aromatic heterocycles. The third kappa shape index (κ3) is 4.67. The van der Waals surface area contributed by atoms with Crippen LogP contribution in [-0.2, 0) is 5.41 Å². The average molecular weight is 672 g/mol. The minimum absolute atomic E-state index is 0.0880. The van der Waals surface area contributed by atoms with E-state index in [2.05, 4.69) is 183 Å². The molecule has 8 aromatic rings. The summed E-state index contributed by atoms with van der Waals surface area (Å²) in [6.45, 7) is 4.75. The van der Waals surface area contributed by atoms with E-state index in [1.807, 2.05) is 11.3 Å². The fraction of sp³-hybridized carbons (Fsp3) is 0.102. The van der Waals surface area contributed by atoms with E-state index in [0.29, 0.717) is 0 Å². The molecule has 0 unspecified atom stereocenters. The third-order valence-electron chi connectivity index (χ3n) is 11.2. The predicted octanol–water partition coefficient (Wildman–Crippen LogP) is 14.1. The van der Waals surface area contributed by atoms with Crippen molar-refractivity contribution in [3.63, 3.8) is 0 Å². The number of hydrogen-bond acceptors (Lipinski definition) is 2. The smallest absolute Gasteiger partial charge is 0.0543 e. The Hall–Kier alpha value is -5.70. The van der Waals surface area contributed by atoms with Gasteiger partial charge in [0.25, 0.3) is 0 Å². The zero-order valence-corrected chi connectivity index (χ0v) is 29.7. The first kappa shape index (κ1) is 30.2. The van der Waals surface area contributed by atoms with Gasteiger partial charge in [0, 0.05) is 42.4 Å². The van der Waals surface area contributed by atoms with Crippen molar-refractivity contribution in [3.8, 4) is 22.3 Å². The zero-order chi connectivity index (χ0) is 34.1. The van der Waals surface area contributed by atoms with Gasteiger partial charge >= 0.3 is 0 Å². The molecule has 0 bridgehead atoms. The largest absolute Gasteiger partial charge is 0.313 e. The topological polar surface area (TPSA) is 3.24 Å². The lowest BCUT2D eigenvalue weighted by Gasteiger charge is -2.34. The molecule has 0 saturated heterocycles. The van der Waals surface area contributed by atoms with E-state index in [0.717, 1.165) is 12.8 Å². The van der Waals surface area contributed by atoms with Crippen LogP contribution in [-0.4, -0.2) is 0 Å². The molecule has 7 aromatic carbocycles.